The number of hydrogen-bond donors (Lipinski definition) is 2. The smallest absolute Gasteiger partial charge is 0.262 e. The minimum atomic E-state index is -3.72. The molecule has 0 spiro atoms. The first kappa shape index (κ1) is 23.6. The molecule has 0 bridgehead atoms. The van der Waals surface area contributed by atoms with Gasteiger partial charge in [0.25, 0.3) is 10.0 Å². The van der Waals surface area contributed by atoms with E-state index in [0.717, 1.165) is 5.56 Å². The first-order chi connectivity index (χ1) is 15.9. The molecule has 1 aliphatic heterocycles. The number of nitrogens with zero attached hydrogens (tertiary/aromatic N) is 1. The van der Waals surface area contributed by atoms with Gasteiger partial charge in [-0.25, -0.2) is 8.42 Å². The van der Waals surface area contributed by atoms with E-state index < -0.39 is 15.6 Å². The van der Waals surface area contributed by atoms with Gasteiger partial charge in [-0.15, -0.1) is 0 Å². The van der Waals surface area contributed by atoms with Gasteiger partial charge >= 0.3 is 0 Å². The number of hydrogen-bond acceptors (Lipinski definition) is 5. The topological polar surface area (TPSA) is 88.0 Å². The van der Waals surface area contributed by atoms with Crippen LogP contribution in [0.25, 0.3) is 6.08 Å². The number of benzene rings is 3. The van der Waals surface area contributed by atoms with Crippen molar-refractivity contribution in [1.82, 2.24) is 0 Å². The summed E-state index contributed by atoms with van der Waals surface area (Å²) >= 11 is 0. The predicted molar refractivity (Wildman–Crippen MR) is 137 cm³/mol. The Bertz CT molecular complexity index is 1400. The van der Waals surface area contributed by atoms with Gasteiger partial charge in [0.1, 0.15) is 17.1 Å². The molecule has 3 aromatic carbocycles. The summed E-state index contributed by atoms with van der Waals surface area (Å²) in [5.74, 6) is 0.721. The van der Waals surface area contributed by atoms with Crippen LogP contribution in [0.1, 0.15) is 41.7 Å². The van der Waals surface area contributed by atoms with Crippen molar-refractivity contribution in [1.29, 1.82) is 0 Å². The minimum Gasteiger partial charge on any atom is -0.506 e. The Morgan fingerprint density at radius 1 is 1.00 bits per heavy atom. The second-order valence-electron chi connectivity index (χ2n) is 9.09. The first-order valence-corrected chi connectivity index (χ1v) is 12.4. The number of aryl methyl sites for hydroxylation is 3. The molecule has 7 heteroatoms. The van der Waals surface area contributed by atoms with E-state index >= 15 is 0 Å². The molecule has 0 saturated carbocycles. The highest BCUT2D eigenvalue weighted by molar-refractivity contribution is 7.92. The third kappa shape index (κ3) is 4.84. The van der Waals surface area contributed by atoms with Gasteiger partial charge in [0.05, 0.1) is 16.1 Å². The highest BCUT2D eigenvalue weighted by atomic mass is 32.2. The van der Waals surface area contributed by atoms with E-state index in [0.29, 0.717) is 44.3 Å². The molecular weight excluding hydrogens is 448 g/mol. The fourth-order valence-electron chi connectivity index (χ4n) is 4.12. The Morgan fingerprint density at radius 3 is 2.29 bits per heavy atom. The summed E-state index contributed by atoms with van der Waals surface area (Å²) in [6.45, 7) is 9.44. The number of sulfonamides is 1. The molecule has 2 N–H and O–H groups in total. The van der Waals surface area contributed by atoms with Gasteiger partial charge in [-0.3, -0.25) is 9.71 Å². The fourth-order valence-corrected chi connectivity index (χ4v) is 5.63. The summed E-state index contributed by atoms with van der Waals surface area (Å²) in [6.07, 6.45) is 5.32. The molecule has 6 nitrogen and oxygen atoms in total. The molecular formula is C27H28N2O4S. The van der Waals surface area contributed by atoms with Crippen molar-refractivity contribution >= 4 is 33.7 Å². The summed E-state index contributed by atoms with van der Waals surface area (Å²) in [7, 11) is -3.72. The van der Waals surface area contributed by atoms with Crippen molar-refractivity contribution in [2.24, 2.45) is 4.99 Å². The molecule has 3 aromatic rings. The van der Waals surface area contributed by atoms with Crippen molar-refractivity contribution in [3.63, 3.8) is 0 Å². The van der Waals surface area contributed by atoms with Crippen molar-refractivity contribution in [2.75, 3.05) is 4.72 Å². The predicted octanol–water partition coefficient (Wildman–Crippen LogP) is 6.05. The molecule has 0 radical (unpaired) electrons. The van der Waals surface area contributed by atoms with E-state index in [1.165, 1.54) is 0 Å². The number of phenolic OH excluding ortho intramolecular Hbond substituents is 1. The summed E-state index contributed by atoms with van der Waals surface area (Å²) < 4.78 is 34.4. The van der Waals surface area contributed by atoms with Gasteiger partial charge in [-0.05, 0) is 94.3 Å². The van der Waals surface area contributed by atoms with Gasteiger partial charge in [-0.1, -0.05) is 17.7 Å². The lowest BCUT2D eigenvalue weighted by atomic mass is 10.00. The second-order valence-corrected chi connectivity index (χ2v) is 10.7. The second kappa shape index (κ2) is 8.65. The summed E-state index contributed by atoms with van der Waals surface area (Å²) in [5.41, 5.74) is 4.26. The maximum atomic E-state index is 13.0. The Morgan fingerprint density at radius 2 is 1.65 bits per heavy atom. The van der Waals surface area contributed by atoms with Crippen molar-refractivity contribution < 1.29 is 18.3 Å². The molecule has 4 rings (SSSR count). The summed E-state index contributed by atoms with van der Waals surface area (Å²) in [6, 6.07) is 14.0. The molecule has 0 atom stereocenters. The van der Waals surface area contributed by atoms with Crippen molar-refractivity contribution in [3.05, 3.63) is 82.4 Å². The van der Waals surface area contributed by atoms with Crippen LogP contribution in [0.3, 0.4) is 0 Å². The number of anilines is 1. The average Bonchev–Trinajstić information content (AvgIpc) is 2.72. The number of rotatable bonds is 5. The highest BCUT2D eigenvalue weighted by Gasteiger charge is 2.24. The van der Waals surface area contributed by atoms with Crippen molar-refractivity contribution in [2.45, 2.75) is 45.1 Å². The SMILES string of the molecule is Cc1cc(C)c(S(=O)(=O)Nc2ccc(N=Cc3ccc4c(c3O)C=CC(C)(C)O4)cc2)c(C)c1. The van der Waals surface area contributed by atoms with Crippen LogP contribution in [-0.2, 0) is 10.0 Å². The lowest BCUT2D eigenvalue weighted by Crippen LogP contribution is -2.27. The van der Waals surface area contributed by atoms with Gasteiger partial charge in [0.2, 0.25) is 0 Å². The van der Waals surface area contributed by atoms with E-state index in [2.05, 4.69) is 9.71 Å². The van der Waals surface area contributed by atoms with Crippen LogP contribution < -0.4 is 9.46 Å². The van der Waals surface area contributed by atoms with Crippen LogP contribution in [-0.4, -0.2) is 25.3 Å². The number of aliphatic imine (C=N–C) groups is 1. The van der Waals surface area contributed by atoms with E-state index in [4.69, 9.17) is 4.74 Å². The quantitative estimate of drug-likeness (QED) is 0.439. The van der Waals surface area contributed by atoms with Gasteiger partial charge in [0, 0.05) is 17.5 Å². The zero-order chi connectivity index (χ0) is 24.7. The van der Waals surface area contributed by atoms with Gasteiger partial charge < -0.3 is 9.84 Å². The molecule has 0 unspecified atom stereocenters. The van der Waals surface area contributed by atoms with Crippen LogP contribution in [0.5, 0.6) is 11.5 Å². The normalized spacial score (nSPS) is 14.6. The molecule has 0 aromatic heterocycles. The standard InChI is InChI=1S/C27H28N2O4S/c1-17-14-18(2)26(19(3)15-17)34(31,32)29-22-9-7-21(8-10-22)28-16-20-6-11-24-23(25(20)30)12-13-27(4,5)33-24/h6-16,29-30H,1-5H3. The van der Waals surface area contributed by atoms with Crippen LogP contribution in [0.4, 0.5) is 11.4 Å². The maximum absolute atomic E-state index is 13.0. The van der Waals surface area contributed by atoms with Crippen LogP contribution >= 0.6 is 0 Å². The van der Waals surface area contributed by atoms with Crippen LogP contribution in [0, 0.1) is 20.8 Å². The largest absolute Gasteiger partial charge is 0.506 e. The van der Waals surface area contributed by atoms with Crippen LogP contribution in [0.2, 0.25) is 0 Å². The third-order valence-corrected chi connectivity index (χ3v) is 7.26. The molecule has 1 heterocycles. The van der Waals surface area contributed by atoms with E-state index in [9.17, 15) is 13.5 Å². The molecule has 0 fully saturated rings. The number of nitrogens with one attached hydrogen (secondary N) is 1. The van der Waals surface area contributed by atoms with E-state index in [1.807, 2.05) is 51.1 Å². The lowest BCUT2D eigenvalue weighted by molar-refractivity contribution is 0.158. The molecule has 1 aliphatic rings. The molecule has 0 aliphatic carbocycles. The Labute approximate surface area is 200 Å². The summed E-state index contributed by atoms with van der Waals surface area (Å²) in [5, 5.41) is 10.6. The Kier molecular flexibility index (Phi) is 6.00. The van der Waals surface area contributed by atoms with Gasteiger partial charge in [0.15, 0.2) is 0 Å². The first-order valence-electron chi connectivity index (χ1n) is 10.9. The number of ether oxygens (including phenoxy) is 1. The third-order valence-electron chi connectivity index (χ3n) is 5.58. The molecule has 0 amide bonds. The zero-order valence-electron chi connectivity index (χ0n) is 19.9. The van der Waals surface area contributed by atoms with Crippen LogP contribution in [0.15, 0.2) is 64.5 Å². The fraction of sp³-hybridized carbons (Fsp3) is 0.222. The van der Waals surface area contributed by atoms with Crippen molar-refractivity contribution in [3.8, 4) is 11.5 Å². The molecule has 0 saturated heterocycles. The lowest BCUT2D eigenvalue weighted by Gasteiger charge is -2.28. The number of aromatic hydroxyl groups is 1. The number of fused-ring (bicyclic) bond motifs is 1. The zero-order valence-corrected chi connectivity index (χ0v) is 20.7. The molecule has 176 valence electrons. The summed E-state index contributed by atoms with van der Waals surface area (Å²) in [4.78, 5) is 4.72. The minimum absolute atomic E-state index is 0.0983. The Balaban J connectivity index is 1.52. The average molecular weight is 477 g/mol. The monoisotopic (exact) mass is 476 g/mol. The Hall–Kier alpha value is -3.58. The van der Waals surface area contributed by atoms with E-state index in [1.54, 1.807) is 50.4 Å². The maximum Gasteiger partial charge on any atom is 0.262 e. The highest BCUT2D eigenvalue weighted by Crippen LogP contribution is 2.38. The van der Waals surface area contributed by atoms with Gasteiger partial charge in [-0.2, -0.15) is 0 Å². The molecule has 34 heavy (non-hydrogen) atoms. The number of phenols is 1. The van der Waals surface area contributed by atoms with E-state index in [-0.39, 0.29) is 5.75 Å².